The first kappa shape index (κ1) is 18.2. The van der Waals surface area contributed by atoms with Crippen molar-refractivity contribution in [2.45, 2.75) is 6.42 Å². The van der Waals surface area contributed by atoms with Crippen molar-refractivity contribution in [2.75, 3.05) is 0 Å². The Hall–Kier alpha value is -4.13. The number of aromatic hydroxyl groups is 1. The number of carboxylic acid groups (broad SMARTS) is 2. The SMILES string of the molecule is O=C(O)C1=CC=C(c2c3ccc(=O)cc-3oc3cc(O)ccc23)C(C(=O)O)=CC1. The van der Waals surface area contributed by atoms with Crippen molar-refractivity contribution in [1.82, 2.24) is 0 Å². The molecule has 3 N–H and O–H groups in total. The Labute approximate surface area is 163 Å². The van der Waals surface area contributed by atoms with Crippen molar-refractivity contribution in [1.29, 1.82) is 0 Å². The van der Waals surface area contributed by atoms with E-state index >= 15 is 0 Å². The molecule has 0 unspecified atom stereocenters. The molecule has 7 nitrogen and oxygen atoms in total. The second kappa shape index (κ2) is 6.79. The first-order chi connectivity index (χ1) is 13.8. The second-order valence-electron chi connectivity index (χ2n) is 6.52. The van der Waals surface area contributed by atoms with Gasteiger partial charge in [0.05, 0.1) is 5.57 Å². The predicted octanol–water partition coefficient (Wildman–Crippen LogP) is 3.41. The highest BCUT2D eigenvalue weighted by molar-refractivity contribution is 6.12. The van der Waals surface area contributed by atoms with Crippen LogP contribution >= 0.6 is 0 Å². The number of rotatable bonds is 3. The number of carboxylic acids is 2. The summed E-state index contributed by atoms with van der Waals surface area (Å²) in [6.07, 6.45) is 4.12. The number of hydrogen-bond acceptors (Lipinski definition) is 5. The molecule has 144 valence electrons. The van der Waals surface area contributed by atoms with Crippen LogP contribution in [0.15, 0.2) is 75.0 Å². The number of aliphatic carboxylic acids is 2. The van der Waals surface area contributed by atoms with Gasteiger partial charge < -0.3 is 19.7 Å². The summed E-state index contributed by atoms with van der Waals surface area (Å²) in [5, 5.41) is 29.4. The second-order valence-corrected chi connectivity index (χ2v) is 6.52. The van der Waals surface area contributed by atoms with Crippen LogP contribution in [0.1, 0.15) is 12.0 Å². The molecule has 4 rings (SSSR count). The molecule has 0 saturated heterocycles. The number of phenolic OH excluding ortho intramolecular Hbond substituents is 1. The van der Waals surface area contributed by atoms with E-state index in [1.807, 2.05) is 0 Å². The van der Waals surface area contributed by atoms with E-state index in [0.29, 0.717) is 16.5 Å². The van der Waals surface area contributed by atoms with Gasteiger partial charge in [0.15, 0.2) is 5.43 Å². The fourth-order valence-electron chi connectivity index (χ4n) is 3.39. The first-order valence-corrected chi connectivity index (χ1v) is 8.63. The Balaban J connectivity index is 2.13. The van der Waals surface area contributed by atoms with Gasteiger partial charge in [0.25, 0.3) is 0 Å². The van der Waals surface area contributed by atoms with Crippen LogP contribution in [0.25, 0.3) is 27.9 Å². The maximum Gasteiger partial charge on any atom is 0.336 e. The van der Waals surface area contributed by atoms with Crippen LogP contribution < -0.4 is 5.43 Å². The molecule has 7 heteroatoms. The van der Waals surface area contributed by atoms with Gasteiger partial charge in [-0.05, 0) is 36.3 Å². The summed E-state index contributed by atoms with van der Waals surface area (Å²) in [7, 11) is 0. The molecule has 1 heterocycles. The van der Waals surface area contributed by atoms with E-state index in [1.54, 1.807) is 6.07 Å². The van der Waals surface area contributed by atoms with E-state index in [0.717, 1.165) is 0 Å². The van der Waals surface area contributed by atoms with Crippen molar-refractivity contribution in [3.63, 3.8) is 0 Å². The largest absolute Gasteiger partial charge is 0.508 e. The molecule has 0 fully saturated rings. The Morgan fingerprint density at radius 3 is 2.48 bits per heavy atom. The lowest BCUT2D eigenvalue weighted by Crippen LogP contribution is -2.07. The smallest absolute Gasteiger partial charge is 0.336 e. The van der Waals surface area contributed by atoms with E-state index in [2.05, 4.69) is 0 Å². The first-order valence-electron chi connectivity index (χ1n) is 8.63. The molecule has 2 aliphatic carbocycles. The summed E-state index contributed by atoms with van der Waals surface area (Å²) in [6, 6.07) is 8.55. The third kappa shape index (κ3) is 3.19. The van der Waals surface area contributed by atoms with Crippen LogP contribution in [0.4, 0.5) is 0 Å². The summed E-state index contributed by atoms with van der Waals surface area (Å²) in [5.41, 5.74) is 1.20. The molecule has 29 heavy (non-hydrogen) atoms. The zero-order chi connectivity index (χ0) is 20.7. The van der Waals surface area contributed by atoms with Crippen LogP contribution in [0.2, 0.25) is 0 Å². The van der Waals surface area contributed by atoms with E-state index in [-0.39, 0.29) is 45.7 Å². The summed E-state index contributed by atoms with van der Waals surface area (Å²) in [4.78, 5) is 35.1. The molecule has 0 saturated carbocycles. The van der Waals surface area contributed by atoms with Gasteiger partial charge in [-0.1, -0.05) is 18.2 Å². The molecule has 1 aliphatic heterocycles. The number of benzene rings is 2. The molecule has 0 bridgehead atoms. The minimum Gasteiger partial charge on any atom is -0.508 e. The van der Waals surface area contributed by atoms with Gasteiger partial charge in [-0.3, -0.25) is 4.79 Å². The van der Waals surface area contributed by atoms with Gasteiger partial charge >= 0.3 is 11.9 Å². The maximum atomic E-state index is 12.0. The number of phenols is 1. The van der Waals surface area contributed by atoms with Gasteiger partial charge in [0.2, 0.25) is 0 Å². The fraction of sp³-hybridized carbons (Fsp3) is 0.0455. The van der Waals surface area contributed by atoms with Crippen molar-refractivity contribution < 1.29 is 29.3 Å². The minimum atomic E-state index is -1.21. The monoisotopic (exact) mass is 390 g/mol. The summed E-state index contributed by atoms with van der Waals surface area (Å²) in [6.45, 7) is 0. The van der Waals surface area contributed by atoms with Gasteiger partial charge in [0, 0.05) is 34.2 Å². The number of carbonyl (C=O) groups is 2. The molecule has 1 aromatic rings. The molecule has 0 radical (unpaired) electrons. The van der Waals surface area contributed by atoms with E-state index < -0.39 is 11.9 Å². The molecule has 0 amide bonds. The normalized spacial score (nSPS) is 14.1. The Morgan fingerprint density at radius 1 is 0.966 bits per heavy atom. The van der Waals surface area contributed by atoms with Gasteiger partial charge in [-0.15, -0.1) is 0 Å². The van der Waals surface area contributed by atoms with Crippen LogP contribution in [-0.4, -0.2) is 27.3 Å². The van der Waals surface area contributed by atoms with E-state index in [1.165, 1.54) is 48.6 Å². The Kier molecular flexibility index (Phi) is 4.27. The summed E-state index contributed by atoms with van der Waals surface area (Å²) < 4.78 is 5.76. The number of hydrogen-bond donors (Lipinski definition) is 3. The van der Waals surface area contributed by atoms with E-state index in [9.17, 15) is 29.7 Å². The highest BCUT2D eigenvalue weighted by atomic mass is 16.4. The van der Waals surface area contributed by atoms with Gasteiger partial charge in [-0.25, -0.2) is 9.59 Å². The molecular weight excluding hydrogens is 376 g/mol. The van der Waals surface area contributed by atoms with Crippen LogP contribution in [0, 0.1) is 0 Å². The zero-order valence-electron chi connectivity index (χ0n) is 14.9. The molecule has 0 aromatic heterocycles. The number of fused-ring (bicyclic) bond motifs is 2. The van der Waals surface area contributed by atoms with Gasteiger partial charge in [0.1, 0.15) is 17.1 Å². The predicted molar refractivity (Wildman–Crippen MR) is 105 cm³/mol. The van der Waals surface area contributed by atoms with Crippen molar-refractivity contribution in [2.24, 2.45) is 0 Å². The van der Waals surface area contributed by atoms with Crippen molar-refractivity contribution >= 4 is 28.5 Å². The zero-order valence-corrected chi connectivity index (χ0v) is 14.9. The third-order valence-electron chi connectivity index (χ3n) is 4.72. The van der Waals surface area contributed by atoms with E-state index in [4.69, 9.17) is 4.42 Å². The molecule has 1 aromatic carbocycles. The number of allylic oxidation sites excluding steroid dienone is 3. The molecule has 3 aliphatic rings. The van der Waals surface area contributed by atoms with Crippen molar-refractivity contribution in [3.8, 4) is 17.1 Å². The quantitative estimate of drug-likeness (QED) is 0.585. The standard InChI is InChI=1S/C22H14O7/c23-12-3-7-16-18(9-12)29-19-10-13(24)4-8-17(19)20(16)14-5-1-11(21(25)26)2-6-15(14)22(27)28/h1,3-10,23H,2H2,(H,25,26)(H,27,28). The molecule has 0 atom stereocenters. The third-order valence-corrected chi connectivity index (χ3v) is 4.72. The lowest BCUT2D eigenvalue weighted by atomic mass is 9.89. The lowest BCUT2D eigenvalue weighted by molar-refractivity contribution is -0.133. The van der Waals surface area contributed by atoms with Crippen LogP contribution in [0.3, 0.4) is 0 Å². The molecule has 0 spiro atoms. The van der Waals surface area contributed by atoms with Crippen LogP contribution in [-0.2, 0) is 9.59 Å². The average Bonchev–Trinajstić information content (AvgIpc) is 2.89. The lowest BCUT2D eigenvalue weighted by Gasteiger charge is -2.17. The van der Waals surface area contributed by atoms with Gasteiger partial charge in [-0.2, -0.15) is 0 Å². The van der Waals surface area contributed by atoms with Crippen LogP contribution in [0.5, 0.6) is 5.75 Å². The minimum absolute atomic E-state index is 0.0461. The topological polar surface area (TPSA) is 125 Å². The highest BCUT2D eigenvalue weighted by Gasteiger charge is 2.25. The Bertz CT molecular complexity index is 1300. The molecular formula is C22H14O7. The Morgan fingerprint density at radius 2 is 1.76 bits per heavy atom. The highest BCUT2D eigenvalue weighted by Crippen LogP contribution is 2.41. The summed E-state index contributed by atoms with van der Waals surface area (Å²) >= 11 is 0. The average molecular weight is 390 g/mol. The summed E-state index contributed by atoms with van der Waals surface area (Å²) in [5.74, 6) is -2.18. The maximum absolute atomic E-state index is 12.0. The fourth-order valence-corrected chi connectivity index (χ4v) is 3.39. The van der Waals surface area contributed by atoms with Crippen molar-refractivity contribution in [3.05, 3.63) is 81.6 Å².